The third-order valence-corrected chi connectivity index (χ3v) is 7.79. The number of carboxylic acid groups (broad SMARTS) is 1. The Morgan fingerprint density at radius 1 is 0.614 bits per heavy atom. The molecule has 1 atom stereocenters. The van der Waals surface area contributed by atoms with Crippen molar-refractivity contribution in [3.05, 3.63) is 36.5 Å². The summed E-state index contributed by atoms with van der Waals surface area (Å²) in [6.45, 7) is 4.05. The molecule has 6 heteroatoms. The molecule has 0 fully saturated rings. The average molecular weight is 618 g/mol. The van der Waals surface area contributed by atoms with Crippen LogP contribution < -0.4 is 5.32 Å². The molecule has 44 heavy (non-hydrogen) atoms. The molecule has 0 saturated carbocycles. The van der Waals surface area contributed by atoms with Gasteiger partial charge in [-0.2, -0.15) is 0 Å². The fourth-order valence-electron chi connectivity index (χ4n) is 5.12. The van der Waals surface area contributed by atoms with Gasteiger partial charge in [-0.05, 0) is 50.7 Å². The third kappa shape index (κ3) is 32.5. The number of allylic oxidation sites excluding steroid dienone is 4. The fraction of sp³-hybridized carbons (Fsp3) is 0.763. The highest BCUT2D eigenvalue weighted by Gasteiger charge is 2.09. The zero-order valence-corrected chi connectivity index (χ0v) is 28.5. The Morgan fingerprint density at radius 2 is 1.11 bits per heavy atom. The van der Waals surface area contributed by atoms with Gasteiger partial charge in [0.15, 0.2) is 0 Å². The molecule has 1 amide bonds. The topological polar surface area (TPSA) is 92.7 Å². The molecule has 0 spiro atoms. The Labute approximate surface area is 270 Å². The number of carbonyl (C=O) groups excluding carboxylic acids is 2. The van der Waals surface area contributed by atoms with Crippen LogP contribution in [0.3, 0.4) is 0 Å². The highest BCUT2D eigenvalue weighted by molar-refractivity contribution is 5.80. The summed E-state index contributed by atoms with van der Waals surface area (Å²) in [6.07, 6.45) is 40.4. The van der Waals surface area contributed by atoms with Crippen LogP contribution in [0, 0.1) is 0 Å². The van der Waals surface area contributed by atoms with Crippen LogP contribution in [0.15, 0.2) is 36.5 Å². The predicted octanol–water partition coefficient (Wildman–Crippen LogP) is 10.6. The first-order valence-corrected chi connectivity index (χ1v) is 18.2. The first-order chi connectivity index (χ1) is 21.5. The van der Waals surface area contributed by atoms with Gasteiger partial charge in [0.25, 0.3) is 0 Å². The highest BCUT2D eigenvalue weighted by atomic mass is 16.5. The molecule has 0 aliphatic carbocycles. The minimum absolute atomic E-state index is 0.137. The van der Waals surface area contributed by atoms with Crippen molar-refractivity contribution in [3.8, 4) is 0 Å². The number of unbranched alkanes of at least 4 members (excludes halogenated alkanes) is 19. The molecular formula is C38H67NO5. The zero-order valence-electron chi connectivity index (χ0n) is 28.5. The first-order valence-electron chi connectivity index (χ1n) is 18.2. The van der Waals surface area contributed by atoms with E-state index in [0.29, 0.717) is 12.8 Å². The van der Waals surface area contributed by atoms with Crippen molar-refractivity contribution in [1.82, 2.24) is 5.32 Å². The van der Waals surface area contributed by atoms with Crippen LogP contribution in [0.4, 0.5) is 0 Å². The molecule has 0 aromatic carbocycles. The van der Waals surface area contributed by atoms with E-state index < -0.39 is 5.97 Å². The number of amides is 1. The van der Waals surface area contributed by atoms with Crippen molar-refractivity contribution >= 4 is 17.8 Å². The van der Waals surface area contributed by atoms with Crippen molar-refractivity contribution in [2.75, 3.05) is 6.54 Å². The van der Waals surface area contributed by atoms with Gasteiger partial charge in [0.2, 0.25) is 5.91 Å². The number of ether oxygens (including phenoxy) is 1. The van der Waals surface area contributed by atoms with E-state index in [0.717, 1.165) is 51.4 Å². The maximum atomic E-state index is 12.5. The predicted molar refractivity (Wildman–Crippen MR) is 185 cm³/mol. The van der Waals surface area contributed by atoms with Gasteiger partial charge >= 0.3 is 11.9 Å². The Balaban J connectivity index is 3.99. The lowest BCUT2D eigenvalue weighted by molar-refractivity contribution is -0.145. The van der Waals surface area contributed by atoms with Gasteiger partial charge in [-0.1, -0.05) is 147 Å². The van der Waals surface area contributed by atoms with E-state index in [1.165, 1.54) is 96.3 Å². The lowest BCUT2D eigenvalue weighted by Gasteiger charge is -2.11. The van der Waals surface area contributed by atoms with Gasteiger partial charge in [-0.25, -0.2) is 0 Å². The van der Waals surface area contributed by atoms with Crippen LogP contribution in [0.25, 0.3) is 0 Å². The molecule has 6 nitrogen and oxygen atoms in total. The average Bonchev–Trinajstić information content (AvgIpc) is 3.00. The lowest BCUT2D eigenvalue weighted by atomic mass is 10.0. The smallest absolute Gasteiger partial charge is 0.322 e. The van der Waals surface area contributed by atoms with E-state index in [9.17, 15) is 14.4 Å². The maximum Gasteiger partial charge on any atom is 0.322 e. The van der Waals surface area contributed by atoms with E-state index >= 15 is 0 Å². The molecule has 0 heterocycles. The van der Waals surface area contributed by atoms with Gasteiger partial charge in [-0.15, -0.1) is 0 Å². The summed E-state index contributed by atoms with van der Waals surface area (Å²) in [5.74, 6) is -1.40. The Kier molecular flexibility index (Phi) is 31.7. The molecule has 1 unspecified atom stereocenters. The summed E-state index contributed by atoms with van der Waals surface area (Å²) >= 11 is 0. The minimum atomic E-state index is -1.03. The molecule has 0 saturated heterocycles. The van der Waals surface area contributed by atoms with Crippen LogP contribution in [-0.2, 0) is 19.1 Å². The number of esters is 1. The molecule has 254 valence electrons. The molecule has 0 aliphatic rings. The number of carbonyl (C=O) groups is 3. The summed E-state index contributed by atoms with van der Waals surface area (Å²) in [5.41, 5.74) is 0. The number of carboxylic acids is 1. The minimum Gasteiger partial charge on any atom is -0.480 e. The second kappa shape index (κ2) is 33.5. The monoisotopic (exact) mass is 618 g/mol. The van der Waals surface area contributed by atoms with Crippen LogP contribution in [0.1, 0.15) is 174 Å². The highest BCUT2D eigenvalue weighted by Crippen LogP contribution is 2.15. The van der Waals surface area contributed by atoms with Gasteiger partial charge < -0.3 is 15.2 Å². The first kappa shape index (κ1) is 41.6. The van der Waals surface area contributed by atoms with Crippen LogP contribution >= 0.6 is 0 Å². The zero-order chi connectivity index (χ0) is 32.4. The number of nitrogens with one attached hydrogen (secondary N) is 1. The van der Waals surface area contributed by atoms with E-state index in [1.807, 2.05) is 24.3 Å². The molecule has 0 radical (unpaired) electrons. The number of rotatable bonds is 32. The van der Waals surface area contributed by atoms with Gasteiger partial charge in [0.1, 0.15) is 12.6 Å². The molecule has 0 aromatic rings. The van der Waals surface area contributed by atoms with Crippen LogP contribution in [-0.4, -0.2) is 35.6 Å². The van der Waals surface area contributed by atoms with E-state index in [2.05, 4.69) is 31.3 Å². The van der Waals surface area contributed by atoms with Crippen molar-refractivity contribution in [2.24, 2.45) is 0 Å². The molecule has 0 aliphatic heterocycles. The lowest BCUT2D eigenvalue weighted by Crippen LogP contribution is -2.28. The Bertz CT molecular complexity index is 773. The van der Waals surface area contributed by atoms with Gasteiger partial charge in [0, 0.05) is 12.8 Å². The van der Waals surface area contributed by atoms with E-state index in [4.69, 9.17) is 9.84 Å². The van der Waals surface area contributed by atoms with Crippen molar-refractivity contribution in [1.29, 1.82) is 0 Å². The quantitative estimate of drug-likeness (QED) is 0.0445. The summed E-state index contributed by atoms with van der Waals surface area (Å²) < 4.78 is 5.75. The standard InChI is InChI=1S/C38H67NO5/c1-3-5-7-9-10-11-12-13-14-15-16-17-18-19-20-25-29-33-38(43)44-35(30-26-22-8-6-4-2)31-27-23-21-24-28-32-36(40)39-34-37(41)42/h6,8,26-27,30-31,35H,3-5,7,9-25,28-29,32-34H2,1-2H3,(H,39,40)(H,41,42)/b8-6-,30-26-,31-27-. The summed E-state index contributed by atoms with van der Waals surface area (Å²) in [5, 5.41) is 11.0. The summed E-state index contributed by atoms with van der Waals surface area (Å²) in [4.78, 5) is 34.6. The number of hydrogen-bond acceptors (Lipinski definition) is 4. The second-order valence-electron chi connectivity index (χ2n) is 12.1. The van der Waals surface area contributed by atoms with E-state index in [1.54, 1.807) is 0 Å². The Hall–Kier alpha value is -2.37. The van der Waals surface area contributed by atoms with Crippen molar-refractivity contribution in [3.63, 3.8) is 0 Å². The largest absolute Gasteiger partial charge is 0.480 e. The number of hydrogen-bond donors (Lipinski definition) is 2. The third-order valence-electron chi connectivity index (χ3n) is 7.79. The maximum absolute atomic E-state index is 12.5. The van der Waals surface area contributed by atoms with Crippen molar-refractivity contribution < 1.29 is 24.2 Å². The second-order valence-corrected chi connectivity index (χ2v) is 12.1. The molecule has 0 bridgehead atoms. The molecule has 2 N–H and O–H groups in total. The fourth-order valence-corrected chi connectivity index (χ4v) is 5.12. The SMILES string of the molecule is CC/C=C\C/C=C\C(/C=C\CCCCCC(=O)NCC(=O)O)OC(=O)CCCCCCCCCCCCCCCCCCC. The number of aliphatic carboxylic acids is 1. The summed E-state index contributed by atoms with van der Waals surface area (Å²) in [6, 6.07) is 0. The Morgan fingerprint density at radius 3 is 1.66 bits per heavy atom. The van der Waals surface area contributed by atoms with E-state index in [-0.39, 0.29) is 24.5 Å². The molecule has 0 aromatic heterocycles. The van der Waals surface area contributed by atoms with Crippen molar-refractivity contribution in [2.45, 2.75) is 180 Å². The van der Waals surface area contributed by atoms with Gasteiger partial charge in [0.05, 0.1) is 0 Å². The molecule has 0 rings (SSSR count). The van der Waals surface area contributed by atoms with Crippen LogP contribution in [0.2, 0.25) is 0 Å². The normalized spacial score (nSPS) is 12.4. The molecular weight excluding hydrogens is 550 g/mol. The van der Waals surface area contributed by atoms with Crippen LogP contribution in [0.5, 0.6) is 0 Å². The summed E-state index contributed by atoms with van der Waals surface area (Å²) in [7, 11) is 0. The van der Waals surface area contributed by atoms with Gasteiger partial charge in [-0.3, -0.25) is 14.4 Å².